The van der Waals surface area contributed by atoms with Crippen LogP contribution in [0.5, 0.6) is 0 Å². The maximum absolute atomic E-state index is 12.0. The van der Waals surface area contributed by atoms with Crippen molar-refractivity contribution in [3.8, 4) is 0 Å². The fourth-order valence-electron chi connectivity index (χ4n) is 2.51. The number of nitrogens with one attached hydrogen (secondary N) is 2. The summed E-state index contributed by atoms with van der Waals surface area (Å²) >= 11 is 0. The van der Waals surface area contributed by atoms with Crippen LogP contribution in [0.4, 0.5) is 4.79 Å². The van der Waals surface area contributed by atoms with Gasteiger partial charge in [0.15, 0.2) is 0 Å². The Hall–Kier alpha value is -1.87. The molecule has 1 aliphatic heterocycles. The van der Waals surface area contributed by atoms with E-state index in [0.29, 0.717) is 39.1 Å². The Morgan fingerprint density at radius 2 is 1.72 bits per heavy atom. The lowest BCUT2D eigenvalue weighted by Gasteiger charge is -2.33. The number of carbonyl (C=O) groups excluding carboxylic acids is 2. The molecule has 1 aliphatic rings. The number of amides is 3. The number of urea groups is 1. The van der Waals surface area contributed by atoms with E-state index < -0.39 is 5.97 Å². The molecule has 1 heterocycles. The quantitative estimate of drug-likeness (QED) is 0.417. The van der Waals surface area contributed by atoms with Gasteiger partial charge < -0.3 is 26.4 Å². The third kappa shape index (κ3) is 9.88. The molecule has 146 valence electrons. The number of carboxylic acid groups (broad SMARTS) is 1. The zero-order valence-corrected chi connectivity index (χ0v) is 15.6. The number of aliphatic carboxylic acids is 1. The Bertz CT molecular complexity index is 411. The van der Waals surface area contributed by atoms with E-state index in [2.05, 4.69) is 10.6 Å². The number of nitrogens with zero attached hydrogens (tertiary/aromatic N) is 2. The van der Waals surface area contributed by atoms with Crippen LogP contribution in [0.25, 0.3) is 0 Å². The van der Waals surface area contributed by atoms with Crippen molar-refractivity contribution in [1.82, 2.24) is 20.4 Å². The van der Waals surface area contributed by atoms with Crippen LogP contribution in [0, 0.1) is 0 Å². The number of primary amides is 1. The zero-order valence-electron chi connectivity index (χ0n) is 15.6. The summed E-state index contributed by atoms with van der Waals surface area (Å²) in [6.07, 6.45) is 2.22. The first-order valence-electron chi connectivity index (χ1n) is 8.87. The number of hydrogen-bond acceptors (Lipinski definition) is 5. The average Bonchev–Trinajstić information content (AvgIpc) is 2.59. The van der Waals surface area contributed by atoms with Gasteiger partial charge in [-0.25, -0.2) is 4.79 Å². The monoisotopic (exact) mass is 359 g/mol. The number of unbranched alkanes of at least 4 members (excludes halogenated alkanes) is 1. The summed E-state index contributed by atoms with van der Waals surface area (Å²) in [5.41, 5.74) is 5.23. The summed E-state index contributed by atoms with van der Waals surface area (Å²) in [4.78, 5) is 37.2. The largest absolute Gasteiger partial charge is 0.480 e. The van der Waals surface area contributed by atoms with Gasteiger partial charge in [-0.2, -0.15) is 0 Å². The summed E-state index contributed by atoms with van der Waals surface area (Å²) in [7, 11) is 1.70. The van der Waals surface area contributed by atoms with Gasteiger partial charge in [0.1, 0.15) is 0 Å². The smallest absolute Gasteiger partial charge is 0.317 e. The van der Waals surface area contributed by atoms with Crippen molar-refractivity contribution >= 4 is 17.9 Å². The summed E-state index contributed by atoms with van der Waals surface area (Å²) < 4.78 is 0. The Morgan fingerprint density at radius 1 is 1.12 bits per heavy atom. The average molecular weight is 359 g/mol. The molecular weight excluding hydrogens is 326 g/mol. The first kappa shape index (κ1) is 23.1. The highest BCUT2D eigenvalue weighted by Crippen LogP contribution is 2.03. The molecule has 1 saturated heterocycles. The van der Waals surface area contributed by atoms with Crippen molar-refractivity contribution in [3.63, 3.8) is 0 Å². The first-order chi connectivity index (χ1) is 11.9. The lowest BCUT2D eigenvalue weighted by Crippen LogP contribution is -2.52. The van der Waals surface area contributed by atoms with Crippen LogP contribution in [0.1, 0.15) is 33.1 Å². The lowest BCUT2D eigenvalue weighted by atomic mass is 10.1. The molecule has 0 aromatic rings. The summed E-state index contributed by atoms with van der Waals surface area (Å²) in [5.74, 6) is -1.21. The Morgan fingerprint density at radius 3 is 2.20 bits per heavy atom. The Kier molecular flexibility index (Phi) is 12.4. The number of carbonyl (C=O) groups is 3. The molecule has 9 nitrogen and oxygen atoms in total. The third-order valence-electron chi connectivity index (χ3n) is 3.91. The molecule has 9 heteroatoms. The molecule has 5 N–H and O–H groups in total. The van der Waals surface area contributed by atoms with Crippen molar-refractivity contribution in [2.24, 2.45) is 5.73 Å². The van der Waals surface area contributed by atoms with Crippen LogP contribution >= 0.6 is 0 Å². The van der Waals surface area contributed by atoms with Crippen molar-refractivity contribution in [2.75, 3.05) is 46.3 Å². The van der Waals surface area contributed by atoms with Crippen molar-refractivity contribution in [1.29, 1.82) is 0 Å². The summed E-state index contributed by atoms with van der Waals surface area (Å²) in [6, 6.07) is -0.451. The molecule has 0 saturated carbocycles. The van der Waals surface area contributed by atoms with Gasteiger partial charge in [-0.05, 0) is 26.3 Å². The molecule has 1 rings (SSSR count). The molecule has 0 bridgehead atoms. The molecule has 0 aliphatic carbocycles. The van der Waals surface area contributed by atoms with Crippen LogP contribution in [0.15, 0.2) is 0 Å². The van der Waals surface area contributed by atoms with E-state index >= 15 is 0 Å². The van der Waals surface area contributed by atoms with Crippen LogP contribution in [0.2, 0.25) is 0 Å². The highest BCUT2D eigenvalue weighted by atomic mass is 16.4. The molecule has 0 aromatic heterocycles. The minimum atomic E-state index is -0.848. The lowest BCUT2D eigenvalue weighted by molar-refractivity contribution is -0.138. The molecule has 0 radical (unpaired) electrons. The SMILES string of the molecule is CC.CNC(CCCCNC(=O)N1CCN(CC(=O)O)CC1)C(N)=O. The van der Waals surface area contributed by atoms with E-state index in [1.165, 1.54) is 0 Å². The van der Waals surface area contributed by atoms with Gasteiger partial charge in [0.05, 0.1) is 12.6 Å². The van der Waals surface area contributed by atoms with Crippen molar-refractivity contribution in [2.45, 2.75) is 39.2 Å². The van der Waals surface area contributed by atoms with Crippen LogP contribution in [-0.4, -0.2) is 85.2 Å². The van der Waals surface area contributed by atoms with Crippen LogP contribution < -0.4 is 16.4 Å². The van der Waals surface area contributed by atoms with Gasteiger partial charge in [-0.1, -0.05) is 13.8 Å². The van der Waals surface area contributed by atoms with E-state index in [0.717, 1.165) is 12.8 Å². The van der Waals surface area contributed by atoms with Crippen LogP contribution in [0.3, 0.4) is 0 Å². The maximum Gasteiger partial charge on any atom is 0.317 e. The van der Waals surface area contributed by atoms with Gasteiger partial charge in [-0.3, -0.25) is 14.5 Å². The Labute approximate surface area is 149 Å². The minimum Gasteiger partial charge on any atom is -0.480 e. The van der Waals surface area contributed by atoms with Crippen molar-refractivity contribution < 1.29 is 19.5 Å². The standard InChI is InChI=1S/C14H27N5O4.C2H6/c1-16-11(13(15)22)4-2-3-5-17-14(23)19-8-6-18(7-9-19)10-12(20)21;1-2/h11,16H,2-10H2,1H3,(H2,15,22)(H,17,23)(H,20,21);1-2H3. The molecule has 25 heavy (non-hydrogen) atoms. The molecule has 0 spiro atoms. The number of hydrogen-bond donors (Lipinski definition) is 4. The summed E-state index contributed by atoms with van der Waals surface area (Å²) in [6.45, 7) is 6.76. The number of likely N-dealkylation sites (N-methyl/N-ethyl adjacent to an activating group) is 1. The number of nitrogens with two attached hydrogens (primary N) is 1. The number of piperazine rings is 1. The second kappa shape index (κ2) is 13.4. The van der Waals surface area contributed by atoms with E-state index in [-0.39, 0.29) is 24.5 Å². The molecule has 1 unspecified atom stereocenters. The van der Waals surface area contributed by atoms with Gasteiger partial charge >= 0.3 is 12.0 Å². The molecular formula is C16H33N5O4. The van der Waals surface area contributed by atoms with Gasteiger partial charge in [-0.15, -0.1) is 0 Å². The second-order valence-corrected chi connectivity index (χ2v) is 5.63. The molecule has 1 atom stereocenters. The van der Waals surface area contributed by atoms with E-state index in [9.17, 15) is 14.4 Å². The highest BCUT2D eigenvalue weighted by molar-refractivity contribution is 5.79. The van der Waals surface area contributed by atoms with Gasteiger partial charge in [0.2, 0.25) is 5.91 Å². The van der Waals surface area contributed by atoms with Crippen molar-refractivity contribution in [3.05, 3.63) is 0 Å². The predicted molar refractivity (Wildman–Crippen MR) is 96.3 cm³/mol. The Balaban J connectivity index is 0.00000277. The zero-order chi connectivity index (χ0) is 19.2. The third-order valence-corrected chi connectivity index (χ3v) is 3.91. The van der Waals surface area contributed by atoms with E-state index in [4.69, 9.17) is 10.8 Å². The topological polar surface area (TPSA) is 128 Å². The molecule has 3 amide bonds. The van der Waals surface area contributed by atoms with Gasteiger partial charge in [0, 0.05) is 32.7 Å². The maximum atomic E-state index is 12.0. The fourth-order valence-corrected chi connectivity index (χ4v) is 2.51. The number of carboxylic acids is 1. The molecule has 0 aromatic carbocycles. The summed E-state index contributed by atoms with van der Waals surface area (Å²) in [5, 5.41) is 14.4. The van der Waals surface area contributed by atoms with Gasteiger partial charge in [0.25, 0.3) is 0 Å². The minimum absolute atomic E-state index is 0.0158. The second-order valence-electron chi connectivity index (χ2n) is 5.63. The van der Waals surface area contributed by atoms with Crippen LogP contribution in [-0.2, 0) is 9.59 Å². The highest BCUT2D eigenvalue weighted by Gasteiger charge is 2.21. The molecule has 1 fully saturated rings. The number of rotatable bonds is 9. The normalized spacial score (nSPS) is 15.7. The van der Waals surface area contributed by atoms with E-state index in [1.807, 2.05) is 18.7 Å². The predicted octanol–water partition coefficient (Wildman–Crippen LogP) is -0.332. The first-order valence-corrected chi connectivity index (χ1v) is 8.87. The fraction of sp³-hybridized carbons (Fsp3) is 0.812. The van der Waals surface area contributed by atoms with E-state index in [1.54, 1.807) is 11.9 Å².